The highest BCUT2D eigenvalue weighted by Gasteiger charge is 2.34. The molecule has 2 N–H and O–H groups in total. The molecule has 2 aliphatic rings. The first-order chi connectivity index (χ1) is 19.1. The Morgan fingerprint density at radius 1 is 0.925 bits per heavy atom. The molecule has 1 saturated heterocycles. The van der Waals surface area contributed by atoms with Gasteiger partial charge in [-0.1, -0.05) is 36.4 Å². The van der Waals surface area contributed by atoms with Gasteiger partial charge in [-0.05, 0) is 62.2 Å². The third-order valence-electron chi connectivity index (χ3n) is 7.17. The zero-order valence-corrected chi connectivity index (χ0v) is 21.8. The zero-order chi connectivity index (χ0) is 28.7. The summed E-state index contributed by atoms with van der Waals surface area (Å²) < 4.78 is 48.6. The van der Waals surface area contributed by atoms with Crippen LogP contribution < -0.4 is 4.74 Å². The Labute approximate surface area is 230 Å². The van der Waals surface area contributed by atoms with Crippen molar-refractivity contribution in [3.8, 4) is 5.75 Å². The first-order valence-corrected chi connectivity index (χ1v) is 13.0. The monoisotopic (exact) mass is 556 g/mol. The number of ether oxygens (including phenoxy) is 1. The number of likely N-dealkylation sites (tertiary alicyclic amines) is 1. The van der Waals surface area contributed by atoms with E-state index in [4.69, 9.17) is 14.9 Å². The molecule has 1 atom stereocenters. The Kier molecular flexibility index (Phi) is 9.31. The van der Waals surface area contributed by atoms with Gasteiger partial charge in [0.25, 0.3) is 0 Å². The van der Waals surface area contributed by atoms with Crippen LogP contribution in [0.4, 0.5) is 13.2 Å². The zero-order valence-electron chi connectivity index (χ0n) is 21.8. The van der Waals surface area contributed by atoms with Crippen molar-refractivity contribution in [3.63, 3.8) is 0 Å². The number of rotatable bonds is 6. The lowest BCUT2D eigenvalue weighted by Gasteiger charge is -2.36. The summed E-state index contributed by atoms with van der Waals surface area (Å²) in [7, 11) is 0. The summed E-state index contributed by atoms with van der Waals surface area (Å²) in [5.41, 5.74) is 2.26. The van der Waals surface area contributed by atoms with E-state index in [1.165, 1.54) is 23.4 Å². The lowest BCUT2D eigenvalue weighted by Crippen LogP contribution is -2.38. The molecule has 1 aromatic heterocycles. The minimum atomic E-state index is -4.30. The molecular weight excluding hydrogens is 525 g/mol. The van der Waals surface area contributed by atoms with E-state index < -0.39 is 23.7 Å². The maximum atomic E-state index is 13.3. The molecule has 40 heavy (non-hydrogen) atoms. The smallest absolute Gasteiger partial charge is 0.416 e. The number of aliphatic carboxylic acids is 2. The highest BCUT2D eigenvalue weighted by atomic mass is 19.4. The first kappa shape index (κ1) is 28.9. The van der Waals surface area contributed by atoms with Crippen LogP contribution in [0.2, 0.25) is 0 Å². The van der Waals surface area contributed by atoms with Gasteiger partial charge < -0.3 is 24.4 Å². The van der Waals surface area contributed by atoms with Crippen LogP contribution in [-0.2, 0) is 28.7 Å². The molecule has 0 bridgehead atoms. The van der Waals surface area contributed by atoms with Crippen molar-refractivity contribution >= 4 is 11.9 Å². The number of aromatic nitrogens is 1. The maximum Gasteiger partial charge on any atom is 0.416 e. The van der Waals surface area contributed by atoms with Crippen LogP contribution in [0.5, 0.6) is 5.75 Å². The first-order valence-electron chi connectivity index (χ1n) is 13.0. The van der Waals surface area contributed by atoms with Crippen LogP contribution >= 0.6 is 0 Å². The van der Waals surface area contributed by atoms with Crippen molar-refractivity contribution in [3.05, 3.63) is 101 Å². The van der Waals surface area contributed by atoms with Gasteiger partial charge in [0.2, 0.25) is 0 Å². The van der Waals surface area contributed by atoms with Crippen molar-refractivity contribution in [1.82, 2.24) is 9.47 Å². The molecular formula is C30H31F3N2O5. The van der Waals surface area contributed by atoms with Crippen LogP contribution in [0.15, 0.2) is 79.0 Å². The van der Waals surface area contributed by atoms with Gasteiger partial charge in [0, 0.05) is 36.4 Å². The number of nitrogens with zero attached hydrogens (tertiary/aromatic N) is 2. The largest absolute Gasteiger partial charge is 0.484 e. The van der Waals surface area contributed by atoms with Gasteiger partial charge in [0.1, 0.15) is 11.9 Å². The molecule has 212 valence electrons. The molecule has 2 aliphatic heterocycles. The van der Waals surface area contributed by atoms with Crippen LogP contribution in [0.1, 0.15) is 41.3 Å². The summed E-state index contributed by atoms with van der Waals surface area (Å²) in [5.74, 6) is -1.18. The van der Waals surface area contributed by atoms with E-state index in [0.717, 1.165) is 38.2 Å². The molecule has 0 spiro atoms. The quantitative estimate of drug-likeness (QED) is 0.381. The van der Waals surface area contributed by atoms with Gasteiger partial charge in [0.05, 0.1) is 17.8 Å². The minimum Gasteiger partial charge on any atom is -0.484 e. The number of piperidine rings is 1. The summed E-state index contributed by atoms with van der Waals surface area (Å²) in [6.45, 7) is 3.21. The fourth-order valence-electron chi connectivity index (χ4n) is 5.21. The van der Waals surface area contributed by atoms with Crippen LogP contribution in [0.3, 0.4) is 0 Å². The predicted molar refractivity (Wildman–Crippen MR) is 142 cm³/mol. The van der Waals surface area contributed by atoms with Gasteiger partial charge in [-0.25, -0.2) is 9.59 Å². The number of para-hydroxylation sites is 1. The molecule has 0 radical (unpaired) electrons. The fourth-order valence-corrected chi connectivity index (χ4v) is 5.21. The van der Waals surface area contributed by atoms with Crippen molar-refractivity contribution in [1.29, 1.82) is 0 Å². The van der Waals surface area contributed by atoms with E-state index in [-0.39, 0.29) is 6.10 Å². The number of benzene rings is 2. The number of fused-ring (bicyclic) bond motifs is 2. The highest BCUT2D eigenvalue weighted by Crippen LogP contribution is 2.39. The summed E-state index contributed by atoms with van der Waals surface area (Å²) in [4.78, 5) is 21.4. The number of alkyl halides is 3. The second-order valence-corrected chi connectivity index (χ2v) is 9.80. The number of halogens is 3. The third kappa shape index (κ3) is 7.53. The Hall–Kier alpha value is -4.05. The average Bonchev–Trinajstić information content (AvgIpc) is 3.32. The Balaban J connectivity index is 0.000000406. The lowest BCUT2D eigenvalue weighted by atomic mass is 9.89. The molecule has 1 unspecified atom stereocenters. The molecule has 0 aliphatic carbocycles. The Bertz CT molecular complexity index is 1330. The SMILES string of the molecule is FC(F)(F)c1ccccc1CCN1CCC(C2Oc3ccccc3Cn3cccc32)CC1.O=C(O)/C=C/C(=O)O. The van der Waals surface area contributed by atoms with Crippen molar-refractivity contribution in [2.24, 2.45) is 5.92 Å². The molecule has 0 saturated carbocycles. The minimum absolute atomic E-state index is 0.00163. The second kappa shape index (κ2) is 12.9. The number of hydrogen-bond acceptors (Lipinski definition) is 4. The molecule has 0 amide bonds. The molecule has 10 heteroatoms. The summed E-state index contributed by atoms with van der Waals surface area (Å²) in [6.07, 6.45) is 1.29. The van der Waals surface area contributed by atoms with Crippen molar-refractivity contribution < 1.29 is 37.7 Å². The van der Waals surface area contributed by atoms with Gasteiger partial charge in [0.15, 0.2) is 0 Å². The highest BCUT2D eigenvalue weighted by molar-refractivity contribution is 5.89. The van der Waals surface area contributed by atoms with Gasteiger partial charge in [-0.3, -0.25) is 0 Å². The Morgan fingerprint density at radius 2 is 1.57 bits per heavy atom. The fraction of sp³-hybridized carbons (Fsp3) is 0.333. The van der Waals surface area contributed by atoms with Crippen molar-refractivity contribution in [2.45, 2.75) is 38.1 Å². The third-order valence-corrected chi connectivity index (χ3v) is 7.17. The molecule has 3 aromatic rings. The molecule has 1 fully saturated rings. The molecule has 2 aromatic carbocycles. The molecule has 7 nitrogen and oxygen atoms in total. The van der Waals surface area contributed by atoms with E-state index in [2.05, 4.69) is 33.9 Å². The van der Waals surface area contributed by atoms with E-state index >= 15 is 0 Å². The van der Waals surface area contributed by atoms with E-state index in [1.54, 1.807) is 12.1 Å². The standard InChI is InChI=1S/C26H27F3N2O.C4H4O4/c27-26(28,29)22-8-3-1-6-19(22)11-15-30-16-12-20(13-17-30)25-23-9-5-14-31(23)18-21-7-2-4-10-24(21)32-25;5-3(6)1-2-4(7)8/h1-10,14,20,25H,11-13,15-18H2;1-2H,(H,5,6)(H,7,8)/b;2-1+. The molecule has 5 rings (SSSR count). The average molecular weight is 557 g/mol. The summed E-state index contributed by atoms with van der Waals surface area (Å²) in [6, 6.07) is 18.4. The summed E-state index contributed by atoms with van der Waals surface area (Å²) >= 11 is 0. The number of carboxylic acid groups (broad SMARTS) is 2. The number of carboxylic acids is 2. The van der Waals surface area contributed by atoms with E-state index in [1.807, 2.05) is 18.2 Å². The van der Waals surface area contributed by atoms with Crippen LogP contribution in [0.25, 0.3) is 0 Å². The van der Waals surface area contributed by atoms with Crippen LogP contribution in [-0.4, -0.2) is 51.3 Å². The van der Waals surface area contributed by atoms with E-state index in [0.29, 0.717) is 36.6 Å². The normalized spacial score (nSPS) is 17.6. The van der Waals surface area contributed by atoms with Gasteiger partial charge in [-0.15, -0.1) is 0 Å². The molecule has 3 heterocycles. The summed E-state index contributed by atoms with van der Waals surface area (Å²) in [5, 5.41) is 15.6. The topological polar surface area (TPSA) is 92.0 Å². The number of carbonyl (C=O) groups is 2. The number of hydrogen-bond donors (Lipinski definition) is 2. The van der Waals surface area contributed by atoms with Crippen LogP contribution in [0, 0.1) is 5.92 Å². The lowest BCUT2D eigenvalue weighted by molar-refractivity contribution is -0.138. The second-order valence-electron chi connectivity index (χ2n) is 9.80. The maximum absolute atomic E-state index is 13.3. The van der Waals surface area contributed by atoms with Gasteiger partial charge >= 0.3 is 18.1 Å². The van der Waals surface area contributed by atoms with E-state index in [9.17, 15) is 22.8 Å². The van der Waals surface area contributed by atoms with Gasteiger partial charge in [-0.2, -0.15) is 13.2 Å². The Morgan fingerprint density at radius 3 is 2.25 bits per heavy atom. The van der Waals surface area contributed by atoms with Crippen molar-refractivity contribution in [2.75, 3.05) is 19.6 Å². The predicted octanol–water partition coefficient (Wildman–Crippen LogP) is 5.66.